The van der Waals surface area contributed by atoms with Crippen molar-refractivity contribution in [3.05, 3.63) is 30.4 Å². The molecule has 4 nitrogen and oxygen atoms in total. The van der Waals surface area contributed by atoms with Crippen LogP contribution in [0.4, 0.5) is 0 Å². The van der Waals surface area contributed by atoms with Gasteiger partial charge in [-0.25, -0.2) is 4.98 Å². The Morgan fingerprint density at radius 1 is 1.35 bits per heavy atom. The molecule has 20 heavy (non-hydrogen) atoms. The van der Waals surface area contributed by atoms with Gasteiger partial charge in [0.15, 0.2) is 0 Å². The summed E-state index contributed by atoms with van der Waals surface area (Å²) in [6, 6.07) is 4.23. The number of hydrogen-bond donors (Lipinski definition) is 1. The molecule has 0 unspecified atom stereocenters. The lowest BCUT2D eigenvalue weighted by Crippen LogP contribution is -2.38. The average Bonchev–Trinajstić information content (AvgIpc) is 2.84. The molecule has 1 aliphatic rings. The number of aromatic hydroxyl groups is 1. The van der Waals surface area contributed by atoms with Crippen LogP contribution in [0.1, 0.15) is 32.5 Å². The summed E-state index contributed by atoms with van der Waals surface area (Å²) in [6.07, 6.45) is 7.25. The summed E-state index contributed by atoms with van der Waals surface area (Å²) in [5.41, 5.74) is 0.808. The van der Waals surface area contributed by atoms with Crippen LogP contribution in [0.25, 0.3) is 5.52 Å². The van der Waals surface area contributed by atoms with E-state index in [0.717, 1.165) is 17.8 Å². The monoisotopic (exact) mass is 273 g/mol. The van der Waals surface area contributed by atoms with E-state index in [9.17, 15) is 5.11 Å². The van der Waals surface area contributed by atoms with E-state index in [1.165, 1.54) is 25.9 Å². The molecule has 0 aromatic carbocycles. The molecule has 3 rings (SSSR count). The maximum atomic E-state index is 9.82. The fourth-order valence-corrected chi connectivity index (χ4v) is 3.14. The zero-order valence-corrected chi connectivity index (χ0v) is 12.3. The molecular formula is C16H23N3O. The minimum absolute atomic E-state index is 0.306. The van der Waals surface area contributed by atoms with Crippen molar-refractivity contribution in [1.82, 2.24) is 14.3 Å². The van der Waals surface area contributed by atoms with Crippen LogP contribution in [0.5, 0.6) is 5.75 Å². The number of fused-ring (bicyclic) bond motifs is 1. The molecule has 1 saturated heterocycles. The first-order valence-corrected chi connectivity index (χ1v) is 7.53. The van der Waals surface area contributed by atoms with Gasteiger partial charge < -0.3 is 14.4 Å². The third kappa shape index (κ3) is 2.52. The SMILES string of the molecule is CC(C)N1CCC(Cc2ncc3c(O)cccn23)CC1. The van der Waals surface area contributed by atoms with Crippen LogP contribution in [0.15, 0.2) is 24.5 Å². The zero-order valence-electron chi connectivity index (χ0n) is 12.3. The topological polar surface area (TPSA) is 40.8 Å². The number of aromatic nitrogens is 2. The first-order chi connectivity index (χ1) is 9.65. The van der Waals surface area contributed by atoms with Crippen molar-refractivity contribution < 1.29 is 5.11 Å². The molecule has 0 radical (unpaired) electrons. The highest BCUT2D eigenvalue weighted by atomic mass is 16.3. The van der Waals surface area contributed by atoms with Gasteiger partial charge in [-0.3, -0.25) is 0 Å². The summed E-state index contributed by atoms with van der Waals surface area (Å²) < 4.78 is 2.02. The molecule has 4 heteroatoms. The number of nitrogens with zero attached hydrogens (tertiary/aromatic N) is 3. The molecular weight excluding hydrogens is 250 g/mol. The van der Waals surface area contributed by atoms with Crippen LogP contribution in [0.2, 0.25) is 0 Å². The predicted molar refractivity (Wildman–Crippen MR) is 80.0 cm³/mol. The molecule has 0 aliphatic carbocycles. The van der Waals surface area contributed by atoms with E-state index >= 15 is 0 Å². The quantitative estimate of drug-likeness (QED) is 0.934. The number of hydrogen-bond acceptors (Lipinski definition) is 3. The maximum Gasteiger partial charge on any atom is 0.141 e. The van der Waals surface area contributed by atoms with Gasteiger partial charge in [0, 0.05) is 18.7 Å². The molecule has 0 spiro atoms. The van der Waals surface area contributed by atoms with Gasteiger partial charge in [-0.1, -0.05) is 0 Å². The lowest BCUT2D eigenvalue weighted by atomic mass is 9.92. The van der Waals surface area contributed by atoms with Crippen LogP contribution in [0.3, 0.4) is 0 Å². The Hall–Kier alpha value is -1.55. The Labute approximate surface area is 120 Å². The first kappa shape index (κ1) is 13.4. The van der Waals surface area contributed by atoms with Crippen LogP contribution >= 0.6 is 0 Å². The maximum absolute atomic E-state index is 9.82. The van der Waals surface area contributed by atoms with Gasteiger partial charge in [0.25, 0.3) is 0 Å². The highest BCUT2D eigenvalue weighted by Gasteiger charge is 2.22. The van der Waals surface area contributed by atoms with Crippen molar-refractivity contribution in [2.75, 3.05) is 13.1 Å². The molecule has 2 aromatic rings. The van der Waals surface area contributed by atoms with Crippen LogP contribution < -0.4 is 0 Å². The molecule has 1 aliphatic heterocycles. The minimum Gasteiger partial charge on any atom is -0.506 e. The Balaban J connectivity index is 1.70. The number of rotatable bonds is 3. The first-order valence-electron chi connectivity index (χ1n) is 7.53. The third-order valence-electron chi connectivity index (χ3n) is 4.48. The van der Waals surface area contributed by atoms with Gasteiger partial charge in [-0.05, 0) is 57.8 Å². The van der Waals surface area contributed by atoms with Gasteiger partial charge in [-0.2, -0.15) is 0 Å². The second-order valence-corrected chi connectivity index (χ2v) is 6.10. The van der Waals surface area contributed by atoms with E-state index in [0.29, 0.717) is 17.7 Å². The van der Waals surface area contributed by atoms with Gasteiger partial charge in [0.2, 0.25) is 0 Å². The molecule has 3 heterocycles. The van der Waals surface area contributed by atoms with Crippen molar-refractivity contribution in [3.63, 3.8) is 0 Å². The van der Waals surface area contributed by atoms with Gasteiger partial charge in [0.05, 0.1) is 6.20 Å². The Morgan fingerprint density at radius 2 is 2.10 bits per heavy atom. The Kier molecular flexibility index (Phi) is 3.66. The third-order valence-corrected chi connectivity index (χ3v) is 4.48. The summed E-state index contributed by atoms with van der Waals surface area (Å²) in [5, 5.41) is 9.82. The summed E-state index contributed by atoms with van der Waals surface area (Å²) in [5.74, 6) is 2.08. The number of pyridine rings is 1. The Bertz CT molecular complexity index is 582. The van der Waals surface area contributed by atoms with E-state index in [-0.39, 0.29) is 0 Å². The normalized spacial score (nSPS) is 18.1. The lowest BCUT2D eigenvalue weighted by Gasteiger charge is -2.34. The van der Waals surface area contributed by atoms with Crippen molar-refractivity contribution >= 4 is 5.52 Å². The van der Waals surface area contributed by atoms with Crippen LogP contribution in [0, 0.1) is 5.92 Å². The summed E-state index contributed by atoms with van der Waals surface area (Å²) in [4.78, 5) is 7.04. The van der Waals surface area contributed by atoms with Crippen molar-refractivity contribution in [2.45, 2.75) is 39.2 Å². The second kappa shape index (κ2) is 5.44. The molecule has 0 saturated carbocycles. The predicted octanol–water partition coefficient (Wildman–Crippen LogP) is 2.70. The van der Waals surface area contributed by atoms with Crippen molar-refractivity contribution in [3.8, 4) is 5.75 Å². The molecule has 1 N–H and O–H groups in total. The highest BCUT2D eigenvalue weighted by Crippen LogP contribution is 2.24. The Morgan fingerprint density at radius 3 is 2.80 bits per heavy atom. The molecule has 2 aromatic heterocycles. The molecule has 0 atom stereocenters. The van der Waals surface area contributed by atoms with Gasteiger partial charge in [-0.15, -0.1) is 0 Å². The second-order valence-electron chi connectivity index (χ2n) is 6.10. The largest absolute Gasteiger partial charge is 0.506 e. The summed E-state index contributed by atoms with van der Waals surface area (Å²) in [6.45, 7) is 6.92. The fourth-order valence-electron chi connectivity index (χ4n) is 3.14. The zero-order chi connectivity index (χ0) is 14.1. The highest BCUT2D eigenvalue weighted by molar-refractivity contribution is 5.58. The average molecular weight is 273 g/mol. The fraction of sp³-hybridized carbons (Fsp3) is 0.562. The number of piperidine rings is 1. The number of likely N-dealkylation sites (tertiary alicyclic amines) is 1. The van der Waals surface area contributed by atoms with Gasteiger partial charge in [0.1, 0.15) is 17.1 Å². The summed E-state index contributed by atoms with van der Waals surface area (Å²) >= 11 is 0. The van der Waals surface area contributed by atoms with E-state index < -0.39 is 0 Å². The smallest absolute Gasteiger partial charge is 0.141 e. The molecule has 1 fully saturated rings. The van der Waals surface area contributed by atoms with Crippen molar-refractivity contribution in [1.29, 1.82) is 0 Å². The standard InChI is InChI=1S/C16H23N3O/c1-12(2)18-8-5-13(6-9-18)10-16-17-11-14-15(20)4-3-7-19(14)16/h3-4,7,11-13,20H,5-6,8-10H2,1-2H3. The van der Waals surface area contributed by atoms with Crippen LogP contribution in [-0.4, -0.2) is 38.5 Å². The number of imidazole rings is 1. The molecule has 0 bridgehead atoms. The van der Waals surface area contributed by atoms with E-state index in [1.807, 2.05) is 16.7 Å². The van der Waals surface area contributed by atoms with Crippen LogP contribution in [-0.2, 0) is 6.42 Å². The van der Waals surface area contributed by atoms with Crippen molar-refractivity contribution in [2.24, 2.45) is 5.92 Å². The van der Waals surface area contributed by atoms with Gasteiger partial charge >= 0.3 is 0 Å². The van der Waals surface area contributed by atoms with E-state index in [4.69, 9.17) is 0 Å². The minimum atomic E-state index is 0.306. The summed E-state index contributed by atoms with van der Waals surface area (Å²) in [7, 11) is 0. The molecule has 108 valence electrons. The lowest BCUT2D eigenvalue weighted by molar-refractivity contribution is 0.148. The van der Waals surface area contributed by atoms with E-state index in [1.54, 1.807) is 12.3 Å². The molecule has 0 amide bonds. The van der Waals surface area contributed by atoms with E-state index in [2.05, 4.69) is 23.7 Å².